The molecule has 2 heterocycles. The molecule has 1 aromatic heterocycles. The Bertz CT molecular complexity index is 1240. The second kappa shape index (κ2) is 9.67. The standard InChI is InChI=1S/C26H27N5OS/c27-31-23(18-21-14-9-13-19-10-5-6-15-22(19)21)28-29-26(31)33-24(20-11-3-1-4-12-20)25(32)30-16-7-2-8-17-30/h1,3-6,9-15,24H,2,7-8,16-18,27H2. The van der Waals surface area contributed by atoms with Crippen molar-refractivity contribution in [2.24, 2.45) is 0 Å². The minimum absolute atomic E-state index is 0.115. The van der Waals surface area contributed by atoms with E-state index in [-0.39, 0.29) is 5.91 Å². The molecule has 7 heteroatoms. The first kappa shape index (κ1) is 21.5. The topological polar surface area (TPSA) is 77.0 Å². The zero-order valence-electron chi connectivity index (χ0n) is 18.4. The van der Waals surface area contributed by atoms with Gasteiger partial charge in [0.2, 0.25) is 11.1 Å². The number of carbonyl (C=O) groups excluding carboxylic acids is 1. The molecule has 1 saturated heterocycles. The number of nitrogen functional groups attached to an aromatic ring is 1. The van der Waals surface area contributed by atoms with Crippen LogP contribution >= 0.6 is 11.8 Å². The molecular formula is C26H27N5OS. The minimum Gasteiger partial charge on any atom is -0.341 e. The van der Waals surface area contributed by atoms with Crippen LogP contribution in [0.3, 0.4) is 0 Å². The van der Waals surface area contributed by atoms with Crippen molar-refractivity contribution >= 4 is 28.4 Å². The highest BCUT2D eigenvalue weighted by Gasteiger charge is 2.30. The van der Waals surface area contributed by atoms with Crippen LogP contribution in [-0.2, 0) is 11.2 Å². The SMILES string of the molecule is Nn1c(Cc2cccc3ccccc23)nnc1SC(C(=O)N1CCCCC1)c1ccccc1. The van der Waals surface area contributed by atoms with E-state index >= 15 is 0 Å². The van der Waals surface area contributed by atoms with Crippen LogP contribution in [0, 0.1) is 0 Å². The summed E-state index contributed by atoms with van der Waals surface area (Å²) in [6.45, 7) is 1.62. The number of piperidine rings is 1. The lowest BCUT2D eigenvalue weighted by Crippen LogP contribution is -2.38. The van der Waals surface area contributed by atoms with E-state index in [2.05, 4.69) is 34.5 Å². The number of nitrogens with zero attached hydrogens (tertiary/aromatic N) is 4. The summed E-state index contributed by atoms with van der Waals surface area (Å²) >= 11 is 1.38. The van der Waals surface area contributed by atoms with Gasteiger partial charge in [0.05, 0.1) is 0 Å². The molecule has 1 aliphatic heterocycles. The Morgan fingerprint density at radius 1 is 0.909 bits per heavy atom. The first-order valence-electron chi connectivity index (χ1n) is 11.4. The molecule has 1 unspecified atom stereocenters. The van der Waals surface area contributed by atoms with Crippen LogP contribution < -0.4 is 5.84 Å². The van der Waals surface area contributed by atoms with Gasteiger partial charge in [-0.15, -0.1) is 10.2 Å². The van der Waals surface area contributed by atoms with Crippen molar-refractivity contribution in [1.82, 2.24) is 19.8 Å². The van der Waals surface area contributed by atoms with Gasteiger partial charge < -0.3 is 10.7 Å². The minimum atomic E-state index is -0.402. The van der Waals surface area contributed by atoms with Gasteiger partial charge in [-0.25, -0.2) is 4.68 Å². The Kier molecular flexibility index (Phi) is 6.30. The van der Waals surface area contributed by atoms with E-state index in [1.165, 1.54) is 33.6 Å². The molecule has 0 spiro atoms. The Morgan fingerprint density at radius 3 is 2.45 bits per heavy atom. The van der Waals surface area contributed by atoms with E-state index in [0.29, 0.717) is 17.4 Å². The number of aromatic nitrogens is 3. The summed E-state index contributed by atoms with van der Waals surface area (Å²) in [6, 6.07) is 24.4. The highest BCUT2D eigenvalue weighted by Crippen LogP contribution is 2.36. The van der Waals surface area contributed by atoms with Crippen molar-refractivity contribution in [2.75, 3.05) is 18.9 Å². The normalized spacial score (nSPS) is 15.0. The first-order chi connectivity index (χ1) is 16.2. The predicted octanol–water partition coefficient (Wildman–Crippen LogP) is 4.58. The molecule has 2 N–H and O–H groups in total. The summed E-state index contributed by atoms with van der Waals surface area (Å²) in [4.78, 5) is 15.4. The maximum Gasteiger partial charge on any atom is 0.240 e. The van der Waals surface area contributed by atoms with Crippen LogP contribution in [0.5, 0.6) is 0 Å². The molecule has 168 valence electrons. The summed E-state index contributed by atoms with van der Waals surface area (Å²) in [5.74, 6) is 7.23. The lowest BCUT2D eigenvalue weighted by Gasteiger charge is -2.30. The highest BCUT2D eigenvalue weighted by atomic mass is 32.2. The van der Waals surface area contributed by atoms with Gasteiger partial charge in [0.1, 0.15) is 5.25 Å². The maximum absolute atomic E-state index is 13.5. The molecule has 0 saturated carbocycles. The van der Waals surface area contributed by atoms with Gasteiger partial charge >= 0.3 is 0 Å². The van der Waals surface area contributed by atoms with Crippen molar-refractivity contribution in [1.29, 1.82) is 0 Å². The molecule has 6 nitrogen and oxygen atoms in total. The third-order valence-corrected chi connectivity index (χ3v) is 7.38. The molecular weight excluding hydrogens is 430 g/mol. The first-order valence-corrected chi connectivity index (χ1v) is 12.2. The molecule has 1 atom stereocenters. The Balaban J connectivity index is 1.41. The van der Waals surface area contributed by atoms with Gasteiger partial charge in [0.25, 0.3) is 0 Å². The zero-order chi connectivity index (χ0) is 22.6. The number of thioether (sulfide) groups is 1. The summed E-state index contributed by atoms with van der Waals surface area (Å²) in [5.41, 5.74) is 2.10. The van der Waals surface area contributed by atoms with E-state index in [0.717, 1.165) is 37.1 Å². The third-order valence-electron chi connectivity index (χ3n) is 6.18. The van der Waals surface area contributed by atoms with Gasteiger partial charge in [-0.05, 0) is 41.2 Å². The van der Waals surface area contributed by atoms with Gasteiger partial charge in [-0.1, -0.05) is 84.6 Å². The molecule has 33 heavy (non-hydrogen) atoms. The van der Waals surface area contributed by atoms with Crippen molar-refractivity contribution in [2.45, 2.75) is 36.1 Å². The van der Waals surface area contributed by atoms with Gasteiger partial charge in [0, 0.05) is 19.5 Å². The Labute approximate surface area is 197 Å². The van der Waals surface area contributed by atoms with Crippen LogP contribution in [0.4, 0.5) is 0 Å². The van der Waals surface area contributed by atoms with Crippen LogP contribution in [0.2, 0.25) is 0 Å². The number of fused-ring (bicyclic) bond motifs is 1. The van der Waals surface area contributed by atoms with Crippen molar-refractivity contribution in [3.05, 3.63) is 89.7 Å². The lowest BCUT2D eigenvalue weighted by molar-refractivity contribution is -0.131. The number of rotatable bonds is 6. The lowest BCUT2D eigenvalue weighted by atomic mass is 10.0. The van der Waals surface area contributed by atoms with E-state index in [1.54, 1.807) is 0 Å². The predicted molar refractivity (Wildman–Crippen MR) is 132 cm³/mol. The summed E-state index contributed by atoms with van der Waals surface area (Å²) in [5, 5.41) is 11.3. The molecule has 3 aromatic carbocycles. The number of nitrogens with two attached hydrogens (primary N) is 1. The van der Waals surface area contributed by atoms with E-state index in [9.17, 15) is 4.79 Å². The third kappa shape index (κ3) is 4.59. The van der Waals surface area contributed by atoms with Crippen LogP contribution in [-0.4, -0.2) is 38.8 Å². The van der Waals surface area contributed by atoms with Crippen LogP contribution in [0.1, 0.15) is 41.5 Å². The summed E-state index contributed by atoms with van der Waals surface area (Å²) in [7, 11) is 0. The number of benzene rings is 3. The van der Waals surface area contributed by atoms with Gasteiger partial charge in [-0.3, -0.25) is 4.79 Å². The number of hydrogen-bond acceptors (Lipinski definition) is 5. The second-order valence-electron chi connectivity index (χ2n) is 8.38. The largest absolute Gasteiger partial charge is 0.341 e. The van der Waals surface area contributed by atoms with Crippen LogP contribution in [0.15, 0.2) is 78.0 Å². The molecule has 0 bridgehead atoms. The molecule has 1 aliphatic rings. The molecule has 0 aliphatic carbocycles. The Hall–Kier alpha value is -3.32. The van der Waals surface area contributed by atoms with Gasteiger partial charge in [0.15, 0.2) is 5.82 Å². The quantitative estimate of drug-likeness (QED) is 0.339. The van der Waals surface area contributed by atoms with Crippen LogP contribution in [0.25, 0.3) is 10.8 Å². The molecule has 5 rings (SSSR count). The average molecular weight is 458 g/mol. The maximum atomic E-state index is 13.5. The van der Waals surface area contributed by atoms with Gasteiger partial charge in [-0.2, -0.15) is 0 Å². The number of carbonyl (C=O) groups is 1. The average Bonchev–Trinajstić information content (AvgIpc) is 3.22. The molecule has 0 radical (unpaired) electrons. The highest BCUT2D eigenvalue weighted by molar-refractivity contribution is 8.00. The van der Waals surface area contributed by atoms with E-state index in [4.69, 9.17) is 5.84 Å². The van der Waals surface area contributed by atoms with Crippen molar-refractivity contribution in [3.8, 4) is 0 Å². The second-order valence-corrected chi connectivity index (χ2v) is 9.45. The zero-order valence-corrected chi connectivity index (χ0v) is 19.2. The van der Waals surface area contributed by atoms with Crippen molar-refractivity contribution in [3.63, 3.8) is 0 Å². The van der Waals surface area contributed by atoms with E-state index in [1.807, 2.05) is 53.4 Å². The van der Waals surface area contributed by atoms with Crippen molar-refractivity contribution < 1.29 is 4.79 Å². The summed E-state index contributed by atoms with van der Waals surface area (Å²) in [6.07, 6.45) is 3.86. The fraction of sp³-hybridized carbons (Fsp3) is 0.269. The Morgan fingerprint density at radius 2 is 1.64 bits per heavy atom. The fourth-order valence-electron chi connectivity index (χ4n) is 4.40. The van der Waals surface area contributed by atoms with E-state index < -0.39 is 5.25 Å². The molecule has 1 fully saturated rings. The fourth-order valence-corrected chi connectivity index (χ4v) is 5.46. The number of likely N-dealkylation sites (tertiary alicyclic amines) is 1. The summed E-state index contributed by atoms with van der Waals surface area (Å²) < 4.78 is 1.53. The monoisotopic (exact) mass is 457 g/mol. The smallest absolute Gasteiger partial charge is 0.240 e. The molecule has 1 amide bonds. The number of amides is 1. The molecule has 4 aromatic rings. The number of hydrogen-bond donors (Lipinski definition) is 1.